The van der Waals surface area contributed by atoms with Crippen LogP contribution in [0.5, 0.6) is 0 Å². The average molecular weight is 385 g/mol. The minimum absolute atomic E-state index is 0.0209. The van der Waals surface area contributed by atoms with Crippen LogP contribution in [0.25, 0.3) is 0 Å². The Bertz CT molecular complexity index is 742. The normalized spacial score (nSPS) is 15.9. The first-order valence-corrected chi connectivity index (χ1v) is 9.41. The van der Waals surface area contributed by atoms with Crippen LogP contribution in [0, 0.1) is 6.92 Å². The van der Waals surface area contributed by atoms with Gasteiger partial charge in [0.25, 0.3) is 5.91 Å². The maximum absolute atomic E-state index is 11.5. The molecule has 0 aliphatic carbocycles. The molecule has 1 aliphatic rings. The molecule has 0 bridgehead atoms. The molecule has 0 aromatic heterocycles. The highest BCUT2D eigenvalue weighted by atomic mass is 16.7. The summed E-state index contributed by atoms with van der Waals surface area (Å²) < 4.78 is 0. The topological polar surface area (TPSA) is 48.1 Å². The van der Waals surface area contributed by atoms with Gasteiger partial charge in [0, 0.05) is 46.0 Å². The lowest BCUT2D eigenvalue weighted by molar-refractivity contribution is -0.177. The molecule has 1 fully saturated rings. The zero-order valence-electron chi connectivity index (χ0n) is 17.8. The van der Waals surface area contributed by atoms with Crippen molar-refractivity contribution in [2.24, 2.45) is 0 Å². The van der Waals surface area contributed by atoms with E-state index in [1.807, 2.05) is 28.2 Å². The van der Waals surface area contributed by atoms with Gasteiger partial charge >= 0.3 is 0 Å². The molecule has 0 saturated carbocycles. The van der Waals surface area contributed by atoms with E-state index in [0.29, 0.717) is 6.54 Å². The molecule has 6 heteroatoms. The predicted octanol–water partition coefficient (Wildman–Crippen LogP) is 2.68. The van der Waals surface area contributed by atoms with Crippen LogP contribution in [0.1, 0.15) is 11.1 Å². The number of hydrogen-bond acceptors (Lipinski definition) is 5. The maximum Gasteiger partial charge on any atom is 0.261 e. The Morgan fingerprint density at radius 3 is 1.93 bits per heavy atom. The van der Waals surface area contributed by atoms with Gasteiger partial charge in [0.2, 0.25) is 0 Å². The van der Waals surface area contributed by atoms with E-state index in [1.165, 1.54) is 29.0 Å². The third-order valence-electron chi connectivity index (χ3n) is 4.65. The number of nitrogens with zero attached hydrogens (tertiary/aromatic N) is 3. The molecule has 1 aliphatic heterocycles. The number of benzene rings is 2. The van der Waals surface area contributed by atoms with Gasteiger partial charge in [-0.05, 0) is 36.8 Å². The van der Waals surface area contributed by atoms with E-state index < -0.39 is 0 Å². The van der Waals surface area contributed by atoms with Gasteiger partial charge in [-0.15, -0.1) is 0 Å². The lowest BCUT2D eigenvalue weighted by Crippen LogP contribution is -2.38. The van der Waals surface area contributed by atoms with Crippen LogP contribution in [0.2, 0.25) is 0 Å². The van der Waals surface area contributed by atoms with Gasteiger partial charge in [0.05, 0.1) is 13.7 Å². The van der Waals surface area contributed by atoms with Crippen molar-refractivity contribution in [2.75, 3.05) is 51.6 Å². The Morgan fingerprint density at radius 1 is 0.964 bits per heavy atom. The van der Waals surface area contributed by atoms with Gasteiger partial charge in [0.15, 0.2) is 0 Å². The van der Waals surface area contributed by atoms with Crippen LogP contribution in [0.15, 0.2) is 48.5 Å². The molecule has 152 valence electrons. The van der Waals surface area contributed by atoms with Crippen LogP contribution in [0.4, 0.5) is 11.4 Å². The summed E-state index contributed by atoms with van der Waals surface area (Å²) in [4.78, 5) is 20.7. The molecule has 1 heterocycles. The monoisotopic (exact) mass is 384 g/mol. The minimum atomic E-state index is -0.0762. The number of carbonyl (C=O) groups is 1. The highest BCUT2D eigenvalue weighted by Crippen LogP contribution is 2.16. The predicted molar refractivity (Wildman–Crippen MR) is 116 cm³/mol. The summed E-state index contributed by atoms with van der Waals surface area (Å²) in [5, 5.41) is 4.54. The number of nitrogens with one attached hydrogen (secondary N) is 1. The fourth-order valence-corrected chi connectivity index (χ4v) is 2.92. The molecule has 1 unspecified atom stereocenters. The number of aryl methyl sites for hydroxylation is 1. The molecule has 28 heavy (non-hydrogen) atoms. The highest BCUT2D eigenvalue weighted by Gasteiger charge is 2.30. The zero-order valence-corrected chi connectivity index (χ0v) is 17.8. The molecule has 1 saturated heterocycles. The van der Waals surface area contributed by atoms with Crippen molar-refractivity contribution in [1.29, 1.82) is 0 Å². The molecular weight excluding hydrogens is 352 g/mol. The number of carbonyl (C=O) groups excluding carboxylic acids is 1. The van der Waals surface area contributed by atoms with Gasteiger partial charge in [-0.25, -0.2) is 5.06 Å². The second kappa shape index (κ2) is 10.1. The first kappa shape index (κ1) is 21.7. The van der Waals surface area contributed by atoms with E-state index in [1.54, 1.807) is 0 Å². The van der Waals surface area contributed by atoms with E-state index in [2.05, 4.69) is 70.6 Å². The number of hydroxylamine groups is 2. The molecule has 2 aromatic rings. The van der Waals surface area contributed by atoms with Crippen LogP contribution < -0.4 is 15.1 Å². The summed E-state index contributed by atoms with van der Waals surface area (Å²) in [6.07, 6.45) is 0.667. The van der Waals surface area contributed by atoms with E-state index in [9.17, 15) is 4.79 Å². The zero-order chi connectivity index (χ0) is 20.7. The Labute approximate surface area is 168 Å². The van der Waals surface area contributed by atoms with Crippen molar-refractivity contribution in [3.8, 4) is 0 Å². The van der Waals surface area contributed by atoms with Gasteiger partial charge in [-0.1, -0.05) is 29.8 Å². The molecule has 0 radical (unpaired) electrons. The van der Waals surface area contributed by atoms with Gasteiger partial charge in [0.1, 0.15) is 6.17 Å². The van der Waals surface area contributed by atoms with Crippen molar-refractivity contribution in [1.82, 2.24) is 10.4 Å². The third kappa shape index (κ3) is 5.97. The second-order valence-corrected chi connectivity index (χ2v) is 7.29. The summed E-state index contributed by atoms with van der Waals surface area (Å²) in [5.41, 5.74) is 4.91. The van der Waals surface area contributed by atoms with Crippen molar-refractivity contribution in [2.45, 2.75) is 19.5 Å². The standard InChI is InChI=1S/C13H19N3O2.C9H13N/c1-15(2)11-6-4-10(5-7-11)8-12-14-9-13(17)16(12)18-3;1-8-4-6-9(7-5-8)10(2)3/h4-7,12,14H,8-9H2,1-3H3;4-7H,1-3H3. The molecule has 3 rings (SSSR count). The van der Waals surface area contributed by atoms with Gasteiger partial charge in [-0.2, -0.15) is 0 Å². The first-order valence-electron chi connectivity index (χ1n) is 9.41. The van der Waals surface area contributed by atoms with Gasteiger partial charge < -0.3 is 9.80 Å². The highest BCUT2D eigenvalue weighted by molar-refractivity contribution is 5.79. The maximum atomic E-state index is 11.5. The summed E-state index contributed by atoms with van der Waals surface area (Å²) in [7, 11) is 9.64. The number of anilines is 2. The average Bonchev–Trinajstić information content (AvgIpc) is 3.02. The van der Waals surface area contributed by atoms with Crippen molar-refractivity contribution < 1.29 is 9.63 Å². The molecule has 1 atom stereocenters. The third-order valence-corrected chi connectivity index (χ3v) is 4.65. The van der Waals surface area contributed by atoms with Crippen molar-refractivity contribution >= 4 is 17.3 Å². The largest absolute Gasteiger partial charge is 0.378 e. The fraction of sp³-hybridized carbons (Fsp3) is 0.409. The minimum Gasteiger partial charge on any atom is -0.378 e. The molecule has 1 N–H and O–H groups in total. The van der Waals surface area contributed by atoms with E-state index in [0.717, 1.165) is 12.1 Å². The van der Waals surface area contributed by atoms with E-state index >= 15 is 0 Å². The first-order chi connectivity index (χ1) is 13.3. The molecule has 0 spiro atoms. The van der Waals surface area contributed by atoms with Gasteiger partial charge in [-0.3, -0.25) is 14.9 Å². The molecule has 1 amide bonds. The number of hydrogen-bond donors (Lipinski definition) is 1. The number of rotatable bonds is 5. The second-order valence-electron chi connectivity index (χ2n) is 7.29. The molecule has 2 aromatic carbocycles. The number of amides is 1. The van der Waals surface area contributed by atoms with Crippen molar-refractivity contribution in [3.05, 3.63) is 59.7 Å². The Kier molecular flexibility index (Phi) is 7.84. The van der Waals surface area contributed by atoms with Crippen LogP contribution in [-0.2, 0) is 16.1 Å². The summed E-state index contributed by atoms with van der Waals surface area (Å²) in [6, 6.07) is 16.8. The van der Waals surface area contributed by atoms with Crippen molar-refractivity contribution in [3.63, 3.8) is 0 Å². The summed E-state index contributed by atoms with van der Waals surface area (Å²) >= 11 is 0. The van der Waals surface area contributed by atoms with E-state index in [-0.39, 0.29) is 12.1 Å². The molecule has 6 nitrogen and oxygen atoms in total. The van der Waals surface area contributed by atoms with E-state index in [4.69, 9.17) is 4.84 Å². The molecular formula is C22H32N4O2. The Hall–Kier alpha value is -2.57. The smallest absolute Gasteiger partial charge is 0.261 e. The summed E-state index contributed by atoms with van der Waals surface area (Å²) in [6.45, 7) is 2.44. The lowest BCUT2D eigenvalue weighted by Gasteiger charge is -2.21. The van der Waals surface area contributed by atoms with Crippen LogP contribution in [-0.4, -0.2) is 59.0 Å². The SMILES string of the molecule is CON1C(=O)CNC1Cc1ccc(N(C)C)cc1.Cc1ccc(N(C)C)cc1. The van der Waals surface area contributed by atoms with Crippen LogP contribution in [0.3, 0.4) is 0 Å². The Balaban J connectivity index is 0.000000237. The fourth-order valence-electron chi connectivity index (χ4n) is 2.92. The lowest BCUT2D eigenvalue weighted by atomic mass is 10.1. The summed E-state index contributed by atoms with van der Waals surface area (Å²) in [5.74, 6) is -0.0209. The quantitative estimate of drug-likeness (QED) is 0.859. The Morgan fingerprint density at radius 2 is 1.46 bits per heavy atom. The van der Waals surface area contributed by atoms with Crippen LogP contribution >= 0.6 is 0 Å².